The van der Waals surface area contributed by atoms with Crippen LogP contribution in [0.25, 0.3) is 0 Å². The Morgan fingerprint density at radius 1 is 1.04 bits per heavy atom. The van der Waals surface area contributed by atoms with E-state index < -0.39 is 10.0 Å². The van der Waals surface area contributed by atoms with Crippen LogP contribution < -0.4 is 9.62 Å². The molecule has 0 radical (unpaired) electrons. The van der Waals surface area contributed by atoms with E-state index in [1.165, 1.54) is 0 Å². The van der Waals surface area contributed by atoms with Gasteiger partial charge in [0.15, 0.2) is 0 Å². The molecule has 0 bridgehead atoms. The highest BCUT2D eigenvalue weighted by molar-refractivity contribution is 7.92. The summed E-state index contributed by atoms with van der Waals surface area (Å²) in [4.78, 5) is 14.2. The first-order valence-corrected chi connectivity index (χ1v) is 9.99. The topological polar surface area (TPSA) is 66.5 Å². The number of anilines is 2. The second-order valence-electron chi connectivity index (χ2n) is 6.66. The quantitative estimate of drug-likeness (QED) is 0.919. The summed E-state index contributed by atoms with van der Waals surface area (Å²) in [5.74, 6) is 0.141. The number of amides is 1. The van der Waals surface area contributed by atoms with E-state index in [2.05, 4.69) is 4.72 Å². The van der Waals surface area contributed by atoms with Crippen LogP contribution >= 0.6 is 0 Å². The van der Waals surface area contributed by atoms with Crippen LogP contribution in [0.3, 0.4) is 0 Å². The zero-order chi connectivity index (χ0) is 17.6. The zero-order valence-corrected chi connectivity index (χ0v) is 14.9. The highest BCUT2D eigenvalue weighted by Crippen LogP contribution is 2.37. The second-order valence-corrected chi connectivity index (χ2v) is 8.34. The number of hydrogen-bond acceptors (Lipinski definition) is 3. The van der Waals surface area contributed by atoms with Gasteiger partial charge in [0.05, 0.1) is 16.3 Å². The van der Waals surface area contributed by atoms with Crippen LogP contribution in [0, 0.1) is 6.92 Å². The Balaban J connectivity index is 1.77. The number of carbonyl (C=O) groups excluding carboxylic acids is 1. The molecule has 0 saturated carbocycles. The number of sulfonamides is 1. The number of benzene rings is 2. The van der Waals surface area contributed by atoms with Crippen molar-refractivity contribution in [2.24, 2.45) is 0 Å². The van der Waals surface area contributed by atoms with Crippen molar-refractivity contribution in [3.05, 3.63) is 53.1 Å². The molecule has 0 saturated heterocycles. The lowest BCUT2D eigenvalue weighted by Gasteiger charge is -2.35. The Bertz CT molecular complexity index is 949. The summed E-state index contributed by atoms with van der Waals surface area (Å²) in [6, 6.07) is 10.8. The fourth-order valence-electron chi connectivity index (χ4n) is 3.67. The van der Waals surface area contributed by atoms with E-state index in [4.69, 9.17) is 0 Å². The largest absolute Gasteiger partial charge is 0.312 e. The summed E-state index contributed by atoms with van der Waals surface area (Å²) in [7, 11) is -3.66. The SMILES string of the molecule is Cc1ccccc1NS(=O)(=O)c1cc2c3c(c1)CCC(=O)N3CCC2. The molecule has 130 valence electrons. The lowest BCUT2D eigenvalue weighted by Crippen LogP contribution is -2.39. The van der Waals surface area contributed by atoms with Gasteiger partial charge in [0.25, 0.3) is 10.0 Å². The Kier molecular flexibility index (Phi) is 3.80. The molecule has 4 rings (SSSR count). The minimum Gasteiger partial charge on any atom is -0.312 e. The Morgan fingerprint density at radius 2 is 1.76 bits per heavy atom. The van der Waals surface area contributed by atoms with E-state index >= 15 is 0 Å². The number of carbonyl (C=O) groups is 1. The lowest BCUT2D eigenvalue weighted by atomic mass is 9.92. The maximum absolute atomic E-state index is 12.9. The maximum atomic E-state index is 12.9. The molecule has 2 aromatic carbocycles. The van der Waals surface area contributed by atoms with Gasteiger partial charge in [-0.25, -0.2) is 8.42 Å². The van der Waals surface area contributed by atoms with Crippen molar-refractivity contribution >= 4 is 27.3 Å². The number of nitrogens with one attached hydrogen (secondary N) is 1. The predicted octanol–water partition coefficient (Wildman–Crippen LogP) is 3.02. The predicted molar refractivity (Wildman–Crippen MR) is 97.4 cm³/mol. The molecule has 0 spiro atoms. The van der Waals surface area contributed by atoms with Crippen molar-refractivity contribution in [1.82, 2.24) is 0 Å². The van der Waals surface area contributed by atoms with Crippen LogP contribution in [0.2, 0.25) is 0 Å². The molecular weight excluding hydrogens is 336 g/mol. The molecule has 2 aliphatic rings. The van der Waals surface area contributed by atoms with Gasteiger partial charge in [-0.1, -0.05) is 18.2 Å². The molecule has 0 atom stereocenters. The standard InChI is InChI=1S/C19H20N2O3S/c1-13-5-2-3-7-17(13)20-25(23,24)16-11-14-6-4-10-21-18(22)9-8-15(12-16)19(14)21/h2-3,5,7,11-12,20H,4,6,8-10H2,1H3. The average molecular weight is 356 g/mol. The Labute approximate surface area is 147 Å². The Hall–Kier alpha value is -2.34. The third kappa shape index (κ3) is 2.80. The second kappa shape index (κ2) is 5.88. The fraction of sp³-hybridized carbons (Fsp3) is 0.316. The van der Waals surface area contributed by atoms with Gasteiger partial charge in [0.2, 0.25) is 5.91 Å². The third-order valence-electron chi connectivity index (χ3n) is 4.95. The minimum atomic E-state index is -3.66. The molecule has 0 unspecified atom stereocenters. The van der Waals surface area contributed by atoms with Gasteiger partial charge in [-0.15, -0.1) is 0 Å². The van der Waals surface area contributed by atoms with Gasteiger partial charge in [0, 0.05) is 13.0 Å². The van der Waals surface area contributed by atoms with E-state index in [-0.39, 0.29) is 10.8 Å². The van der Waals surface area contributed by atoms with Gasteiger partial charge in [-0.2, -0.15) is 0 Å². The first kappa shape index (κ1) is 16.1. The summed E-state index contributed by atoms with van der Waals surface area (Å²) < 4.78 is 28.5. The fourth-order valence-corrected chi connectivity index (χ4v) is 4.90. The lowest BCUT2D eigenvalue weighted by molar-refractivity contribution is -0.119. The Morgan fingerprint density at radius 3 is 2.52 bits per heavy atom. The normalized spacial score (nSPS) is 16.5. The van der Waals surface area contributed by atoms with Crippen LogP contribution in [0.15, 0.2) is 41.3 Å². The van der Waals surface area contributed by atoms with Crippen molar-refractivity contribution in [2.75, 3.05) is 16.2 Å². The van der Waals surface area contributed by atoms with Gasteiger partial charge < -0.3 is 4.90 Å². The molecule has 0 aliphatic carbocycles. The van der Waals surface area contributed by atoms with E-state index in [0.29, 0.717) is 18.5 Å². The number of rotatable bonds is 3. The molecule has 2 heterocycles. The number of para-hydroxylation sites is 1. The highest BCUT2D eigenvalue weighted by Gasteiger charge is 2.31. The molecule has 6 heteroatoms. The van der Waals surface area contributed by atoms with Crippen molar-refractivity contribution in [3.8, 4) is 0 Å². The summed E-state index contributed by atoms with van der Waals surface area (Å²) in [5, 5.41) is 0. The van der Waals surface area contributed by atoms with Crippen LogP contribution in [-0.2, 0) is 27.7 Å². The highest BCUT2D eigenvalue weighted by atomic mass is 32.2. The molecule has 0 fully saturated rings. The van der Waals surface area contributed by atoms with Gasteiger partial charge >= 0.3 is 0 Å². The first-order valence-electron chi connectivity index (χ1n) is 8.50. The monoisotopic (exact) mass is 356 g/mol. The molecule has 1 amide bonds. The number of hydrogen-bond donors (Lipinski definition) is 1. The summed E-state index contributed by atoms with van der Waals surface area (Å²) in [5.41, 5.74) is 4.33. The molecule has 2 aliphatic heterocycles. The van der Waals surface area contributed by atoms with E-state index in [9.17, 15) is 13.2 Å². The number of aryl methyl sites for hydroxylation is 3. The van der Waals surface area contributed by atoms with Gasteiger partial charge in [0.1, 0.15) is 0 Å². The molecule has 1 N–H and O–H groups in total. The van der Waals surface area contributed by atoms with E-state index in [1.54, 1.807) is 18.2 Å². The minimum absolute atomic E-state index is 0.141. The van der Waals surface area contributed by atoms with Crippen molar-refractivity contribution in [1.29, 1.82) is 0 Å². The van der Waals surface area contributed by atoms with Crippen LogP contribution in [-0.4, -0.2) is 20.9 Å². The first-order chi connectivity index (χ1) is 12.0. The molecule has 0 aromatic heterocycles. The van der Waals surface area contributed by atoms with E-state index in [0.717, 1.165) is 41.8 Å². The molecular formula is C19H20N2O3S. The number of nitrogens with zero attached hydrogens (tertiary/aromatic N) is 1. The average Bonchev–Trinajstić information content (AvgIpc) is 2.60. The van der Waals surface area contributed by atoms with Crippen molar-refractivity contribution < 1.29 is 13.2 Å². The summed E-state index contributed by atoms with van der Waals surface area (Å²) in [6.07, 6.45) is 2.72. The third-order valence-corrected chi connectivity index (χ3v) is 6.29. The van der Waals surface area contributed by atoms with Crippen molar-refractivity contribution in [3.63, 3.8) is 0 Å². The summed E-state index contributed by atoms with van der Waals surface area (Å²) >= 11 is 0. The summed E-state index contributed by atoms with van der Waals surface area (Å²) in [6.45, 7) is 2.60. The van der Waals surface area contributed by atoms with Crippen LogP contribution in [0.4, 0.5) is 11.4 Å². The van der Waals surface area contributed by atoms with Crippen LogP contribution in [0.1, 0.15) is 29.5 Å². The smallest absolute Gasteiger partial charge is 0.261 e. The van der Waals surface area contributed by atoms with Crippen LogP contribution in [0.5, 0.6) is 0 Å². The maximum Gasteiger partial charge on any atom is 0.261 e. The van der Waals surface area contributed by atoms with Gasteiger partial charge in [-0.3, -0.25) is 9.52 Å². The molecule has 25 heavy (non-hydrogen) atoms. The molecule has 5 nitrogen and oxygen atoms in total. The van der Waals surface area contributed by atoms with Gasteiger partial charge in [-0.05, 0) is 61.1 Å². The molecule has 2 aromatic rings. The zero-order valence-electron chi connectivity index (χ0n) is 14.1. The van der Waals surface area contributed by atoms with E-state index in [1.807, 2.05) is 30.0 Å². The van der Waals surface area contributed by atoms with Crippen molar-refractivity contribution in [2.45, 2.75) is 37.5 Å².